The molecule has 0 aromatic carbocycles. The molecule has 0 saturated heterocycles. The summed E-state index contributed by atoms with van der Waals surface area (Å²) in [5.41, 5.74) is -1.14. The first kappa shape index (κ1) is 27.0. The van der Waals surface area contributed by atoms with E-state index in [1.54, 1.807) is 19.9 Å². The molecule has 0 spiro atoms. The van der Waals surface area contributed by atoms with Gasteiger partial charge in [-0.25, -0.2) is 8.78 Å². The zero-order valence-corrected chi connectivity index (χ0v) is 21.9. The Kier molecular flexibility index (Phi) is 9.48. The summed E-state index contributed by atoms with van der Waals surface area (Å²) < 4.78 is 39.1. The number of alkyl halides is 2. The van der Waals surface area contributed by atoms with Gasteiger partial charge in [-0.1, -0.05) is 70.2 Å². The molecule has 4 nitrogen and oxygen atoms in total. The van der Waals surface area contributed by atoms with E-state index >= 15 is 0 Å². The van der Waals surface area contributed by atoms with Crippen LogP contribution >= 0.6 is 0 Å². The van der Waals surface area contributed by atoms with E-state index in [2.05, 4.69) is 40.4 Å². The molecule has 30 heavy (non-hydrogen) atoms. The van der Waals surface area contributed by atoms with Crippen LogP contribution < -0.4 is 0 Å². The fraction of sp³-hybridized carbons (Fsp3) is 0.818. The topological polar surface area (TPSA) is 52.6 Å². The maximum atomic E-state index is 14.4. The minimum Gasteiger partial charge on any atom is -0.465 e. The number of rotatable bonds is 11. The van der Waals surface area contributed by atoms with Gasteiger partial charge in [0.25, 0.3) is 0 Å². The van der Waals surface area contributed by atoms with Gasteiger partial charge < -0.3 is 9.47 Å². The second kappa shape index (κ2) is 10.5. The molecule has 0 bridgehead atoms. The Labute approximate surface area is 182 Å². The Bertz CT molecular complexity index is 613. The van der Waals surface area contributed by atoms with Crippen molar-refractivity contribution in [2.75, 3.05) is 13.2 Å². The zero-order chi connectivity index (χ0) is 23.3. The number of hydrogen-bond donors (Lipinski definition) is 0. The summed E-state index contributed by atoms with van der Waals surface area (Å²) in [6.45, 7) is 16.6. The smallest absolute Gasteiger partial charge is 0.327 e. The van der Waals surface area contributed by atoms with Crippen molar-refractivity contribution in [2.45, 2.75) is 90.4 Å². The number of carbonyl (C=O) groups is 2. The number of ether oxygens (including phenoxy) is 2. The van der Waals surface area contributed by atoms with Crippen LogP contribution in [0.4, 0.5) is 8.78 Å². The third-order valence-corrected chi connectivity index (χ3v) is 19.2. The number of halogens is 2. The Morgan fingerprint density at radius 2 is 1.43 bits per heavy atom. The normalized spacial score (nSPS) is 20.1. The molecule has 2 atom stereocenters. The summed E-state index contributed by atoms with van der Waals surface area (Å²) in [5.74, 6) is -2.66. The molecule has 0 aromatic rings. The molecule has 1 aliphatic carbocycles. The van der Waals surface area contributed by atoms with Crippen LogP contribution in [0.25, 0.3) is 0 Å². The Hall–Kier alpha value is -1.03. The molecular formula is C22H40F2O4Si2. The molecule has 0 aromatic heterocycles. The van der Waals surface area contributed by atoms with E-state index in [-0.39, 0.29) is 24.8 Å². The monoisotopic (exact) mass is 462 g/mol. The number of esters is 2. The number of hydrogen-bond acceptors (Lipinski definition) is 4. The lowest BCUT2D eigenvalue weighted by Crippen LogP contribution is -2.50. The molecule has 0 saturated carbocycles. The second-order valence-electron chi connectivity index (χ2n) is 9.42. The van der Waals surface area contributed by atoms with Crippen LogP contribution in [-0.2, 0) is 19.1 Å². The van der Waals surface area contributed by atoms with Gasteiger partial charge in [0, 0.05) is 14.0 Å². The largest absolute Gasteiger partial charge is 0.465 e. The first-order chi connectivity index (χ1) is 13.9. The standard InChI is InChI=1S/C22H40F2O4Si2/c1-9-27-20(25)22(21(26)28-10-2)14-16(18(23)24)17(15-22)19(29(6,7)8)30(11-3,12-4)13-5/h15-16,18-19H,9-14H2,1-8H3. The second-order valence-corrected chi connectivity index (χ2v) is 20.7. The van der Waals surface area contributed by atoms with Crippen molar-refractivity contribution >= 4 is 28.1 Å². The predicted octanol–water partition coefficient (Wildman–Crippen LogP) is 6.07. The van der Waals surface area contributed by atoms with Gasteiger partial charge in [-0.05, 0) is 25.4 Å². The molecule has 0 heterocycles. The van der Waals surface area contributed by atoms with Gasteiger partial charge in [0.2, 0.25) is 6.43 Å². The highest BCUT2D eigenvalue weighted by atomic mass is 28.4. The van der Waals surface area contributed by atoms with Crippen molar-refractivity contribution in [1.82, 2.24) is 0 Å². The molecule has 1 aliphatic rings. The van der Waals surface area contributed by atoms with Gasteiger partial charge >= 0.3 is 11.9 Å². The van der Waals surface area contributed by atoms with Crippen molar-refractivity contribution in [3.63, 3.8) is 0 Å². The Morgan fingerprint density at radius 1 is 1.00 bits per heavy atom. The van der Waals surface area contributed by atoms with Gasteiger partial charge in [0.15, 0.2) is 5.41 Å². The van der Waals surface area contributed by atoms with E-state index in [1.165, 1.54) is 0 Å². The third-order valence-electron chi connectivity index (χ3n) is 6.89. The van der Waals surface area contributed by atoms with E-state index in [1.807, 2.05) is 0 Å². The lowest BCUT2D eigenvalue weighted by molar-refractivity contribution is -0.168. The van der Waals surface area contributed by atoms with Crippen molar-refractivity contribution in [3.05, 3.63) is 11.6 Å². The van der Waals surface area contributed by atoms with Gasteiger partial charge in [-0.15, -0.1) is 0 Å². The fourth-order valence-corrected chi connectivity index (χ4v) is 19.7. The molecule has 0 fully saturated rings. The van der Waals surface area contributed by atoms with Gasteiger partial charge in [0.05, 0.1) is 21.3 Å². The summed E-state index contributed by atoms with van der Waals surface area (Å²) >= 11 is 0. The molecule has 0 amide bonds. The van der Waals surface area contributed by atoms with Gasteiger partial charge in [0.1, 0.15) is 0 Å². The molecule has 0 N–H and O–H groups in total. The first-order valence-electron chi connectivity index (χ1n) is 11.3. The third kappa shape index (κ3) is 5.06. The number of allylic oxidation sites excluding steroid dienone is 1. The maximum Gasteiger partial charge on any atom is 0.327 e. The molecule has 8 heteroatoms. The lowest BCUT2D eigenvalue weighted by Gasteiger charge is -2.46. The molecule has 0 radical (unpaired) electrons. The van der Waals surface area contributed by atoms with Crippen LogP contribution in [0.2, 0.25) is 42.9 Å². The highest BCUT2D eigenvalue weighted by molar-refractivity contribution is 6.98. The Morgan fingerprint density at radius 3 is 1.73 bits per heavy atom. The number of carbonyl (C=O) groups excluding carboxylic acids is 2. The quantitative estimate of drug-likeness (QED) is 0.162. The van der Waals surface area contributed by atoms with E-state index in [4.69, 9.17) is 9.47 Å². The van der Waals surface area contributed by atoms with Crippen LogP contribution in [-0.4, -0.2) is 47.7 Å². The van der Waals surface area contributed by atoms with E-state index in [0.29, 0.717) is 5.57 Å². The van der Waals surface area contributed by atoms with Crippen LogP contribution in [0.5, 0.6) is 0 Å². The average Bonchev–Trinajstić information content (AvgIpc) is 3.07. The highest BCUT2D eigenvalue weighted by Gasteiger charge is 2.59. The van der Waals surface area contributed by atoms with Crippen molar-refractivity contribution in [2.24, 2.45) is 11.3 Å². The van der Waals surface area contributed by atoms with Crippen LogP contribution in [0.3, 0.4) is 0 Å². The van der Waals surface area contributed by atoms with Gasteiger partial charge in [-0.2, -0.15) is 0 Å². The summed E-state index contributed by atoms with van der Waals surface area (Å²) in [6, 6.07) is 2.98. The molecule has 0 aliphatic heterocycles. The summed E-state index contributed by atoms with van der Waals surface area (Å²) in [7, 11) is -3.90. The van der Waals surface area contributed by atoms with Crippen LogP contribution in [0.15, 0.2) is 11.6 Å². The minimum atomic E-state index is -2.64. The van der Waals surface area contributed by atoms with E-state index in [0.717, 1.165) is 18.1 Å². The summed E-state index contributed by atoms with van der Waals surface area (Å²) in [6.07, 6.45) is -1.34. The van der Waals surface area contributed by atoms with E-state index in [9.17, 15) is 18.4 Å². The lowest BCUT2D eigenvalue weighted by atomic mass is 9.85. The van der Waals surface area contributed by atoms with E-state index < -0.39 is 45.8 Å². The highest BCUT2D eigenvalue weighted by Crippen LogP contribution is 2.55. The predicted molar refractivity (Wildman–Crippen MR) is 122 cm³/mol. The Balaban J connectivity index is 3.81. The zero-order valence-electron chi connectivity index (χ0n) is 19.9. The molecule has 2 unspecified atom stereocenters. The van der Waals surface area contributed by atoms with Crippen LogP contribution in [0, 0.1) is 11.3 Å². The SMILES string of the molecule is CCOC(=O)C1(C(=O)OCC)C=C(C([Si](C)(C)C)[Si](CC)(CC)CC)C(C(F)F)C1. The molecule has 174 valence electrons. The van der Waals surface area contributed by atoms with Crippen molar-refractivity contribution < 1.29 is 27.8 Å². The van der Waals surface area contributed by atoms with Crippen molar-refractivity contribution in [1.29, 1.82) is 0 Å². The fourth-order valence-electron chi connectivity index (χ4n) is 5.47. The van der Waals surface area contributed by atoms with Crippen LogP contribution in [0.1, 0.15) is 41.0 Å². The minimum absolute atomic E-state index is 0.0646. The summed E-state index contributed by atoms with van der Waals surface area (Å²) in [5, 5.41) is 0.0646. The first-order valence-corrected chi connectivity index (χ1v) is 17.5. The average molecular weight is 463 g/mol. The molecule has 1 rings (SSSR count). The molecular weight excluding hydrogens is 422 g/mol. The maximum absolute atomic E-state index is 14.4. The van der Waals surface area contributed by atoms with Crippen molar-refractivity contribution in [3.8, 4) is 0 Å². The summed E-state index contributed by atoms with van der Waals surface area (Å²) in [4.78, 5) is 25.9. The van der Waals surface area contributed by atoms with Gasteiger partial charge in [-0.3, -0.25) is 9.59 Å².